The maximum Gasteiger partial charge on any atom is 0.325 e. The van der Waals surface area contributed by atoms with E-state index in [0.29, 0.717) is 18.7 Å². The largest absolute Gasteiger partial charge is 0.493 e. The van der Waals surface area contributed by atoms with Crippen molar-refractivity contribution in [2.24, 2.45) is 5.73 Å². The van der Waals surface area contributed by atoms with E-state index < -0.39 is 13.5 Å². The first kappa shape index (κ1) is 32.2. The number of ether oxygens (including phenoxy) is 1. The van der Waals surface area contributed by atoms with Gasteiger partial charge in [0, 0.05) is 87.8 Å². The third kappa shape index (κ3) is 8.60. The van der Waals surface area contributed by atoms with Crippen molar-refractivity contribution >= 4 is 83.5 Å². The number of carbonyl (C=O) groups excluding carboxylic acids is 1. The molecular formula is C25H31N2Na2O5P. The zero-order valence-electron chi connectivity index (χ0n) is 20.9. The smallest absolute Gasteiger partial charge is 0.325 e. The van der Waals surface area contributed by atoms with Crippen LogP contribution in [0.25, 0.3) is 10.9 Å². The fourth-order valence-electron chi connectivity index (χ4n) is 4.28. The Morgan fingerprint density at radius 3 is 2.40 bits per heavy atom. The summed E-state index contributed by atoms with van der Waals surface area (Å²) in [6.45, 7) is 6.79. The molecule has 35 heavy (non-hydrogen) atoms. The molecule has 178 valence electrons. The molecule has 0 saturated carbocycles. The normalized spacial score (nSPS) is 10.9. The monoisotopic (exact) mass is 516 g/mol. The number of nitrogens with zero attached hydrogens (tertiary/aromatic N) is 1. The van der Waals surface area contributed by atoms with E-state index in [4.69, 9.17) is 20.3 Å². The molecule has 0 atom stereocenters. The fourth-order valence-corrected chi connectivity index (χ4v) is 4.82. The van der Waals surface area contributed by atoms with Gasteiger partial charge in [0.25, 0.3) is 0 Å². The van der Waals surface area contributed by atoms with Gasteiger partial charge in [-0.25, -0.2) is 0 Å². The van der Waals surface area contributed by atoms with Crippen molar-refractivity contribution in [2.45, 2.75) is 39.2 Å². The fraction of sp³-hybridized carbons (Fsp3) is 0.320. The summed E-state index contributed by atoms with van der Waals surface area (Å²) in [4.78, 5) is 30.2. The number of hydrogen-bond acceptors (Lipinski definition) is 3. The molecule has 4 N–H and O–H groups in total. The molecule has 1 heterocycles. The van der Waals surface area contributed by atoms with Crippen LogP contribution >= 0.6 is 7.60 Å². The first-order valence-electron chi connectivity index (χ1n) is 11.0. The summed E-state index contributed by atoms with van der Waals surface area (Å²) < 4.78 is 19.3. The van der Waals surface area contributed by atoms with Gasteiger partial charge in [-0.15, -0.1) is 6.58 Å². The van der Waals surface area contributed by atoms with Crippen LogP contribution in [0, 0.1) is 0 Å². The first-order chi connectivity index (χ1) is 15.7. The topological polar surface area (TPSA) is 115 Å². The number of benzene rings is 2. The van der Waals surface area contributed by atoms with Crippen LogP contribution in [0.2, 0.25) is 0 Å². The van der Waals surface area contributed by atoms with Crippen LogP contribution in [-0.4, -0.2) is 92.1 Å². The Balaban J connectivity index is 0.00000306. The van der Waals surface area contributed by atoms with E-state index in [1.54, 1.807) is 6.08 Å². The van der Waals surface area contributed by atoms with Crippen molar-refractivity contribution in [1.29, 1.82) is 0 Å². The van der Waals surface area contributed by atoms with Crippen molar-refractivity contribution in [3.63, 3.8) is 0 Å². The molecule has 7 nitrogen and oxygen atoms in total. The van der Waals surface area contributed by atoms with E-state index >= 15 is 0 Å². The van der Waals surface area contributed by atoms with Gasteiger partial charge in [0.15, 0.2) is 0 Å². The van der Waals surface area contributed by atoms with Crippen molar-refractivity contribution < 1.29 is 23.9 Å². The summed E-state index contributed by atoms with van der Waals surface area (Å²) in [5.41, 5.74) is 10.6. The SMILES string of the molecule is C=CCc1c(OCCCP(=O)(O)O)ccc2c1c(CC(N)=O)c(CC)n2Cc1ccccc1.[Na].[Na]. The van der Waals surface area contributed by atoms with E-state index in [9.17, 15) is 9.36 Å². The minimum Gasteiger partial charge on any atom is -0.493 e. The Hall–Kier alpha value is -0.860. The third-order valence-corrected chi connectivity index (χ3v) is 6.48. The van der Waals surface area contributed by atoms with Gasteiger partial charge < -0.3 is 24.8 Å². The molecule has 2 aromatic carbocycles. The summed E-state index contributed by atoms with van der Waals surface area (Å²) in [6.07, 6.45) is 3.16. The molecular weight excluding hydrogens is 485 g/mol. The van der Waals surface area contributed by atoms with Crippen molar-refractivity contribution in [2.75, 3.05) is 12.8 Å². The minimum absolute atomic E-state index is 0. The van der Waals surface area contributed by atoms with E-state index in [0.717, 1.165) is 39.7 Å². The Kier molecular flexibility index (Phi) is 13.6. The van der Waals surface area contributed by atoms with E-state index in [1.165, 1.54) is 0 Å². The predicted octanol–water partition coefficient (Wildman–Crippen LogP) is 3.19. The summed E-state index contributed by atoms with van der Waals surface area (Å²) in [6, 6.07) is 14.0. The van der Waals surface area contributed by atoms with Crippen LogP contribution < -0.4 is 10.5 Å². The third-order valence-electron chi connectivity index (χ3n) is 5.58. The second kappa shape index (κ2) is 14.8. The predicted molar refractivity (Wildman–Crippen MR) is 142 cm³/mol. The number of amides is 1. The molecule has 0 spiro atoms. The number of rotatable bonds is 12. The van der Waals surface area contributed by atoms with Crippen LogP contribution in [0.5, 0.6) is 5.75 Å². The molecule has 2 radical (unpaired) electrons. The number of aromatic nitrogens is 1. The van der Waals surface area contributed by atoms with Crippen LogP contribution in [0.1, 0.15) is 35.7 Å². The van der Waals surface area contributed by atoms with E-state index in [1.807, 2.05) is 30.3 Å². The van der Waals surface area contributed by atoms with Crippen molar-refractivity contribution in [3.05, 3.63) is 77.5 Å². The molecule has 10 heteroatoms. The molecule has 3 aromatic rings. The molecule has 0 fully saturated rings. The van der Waals surface area contributed by atoms with Gasteiger partial charge in [-0.1, -0.05) is 43.3 Å². The van der Waals surface area contributed by atoms with Gasteiger partial charge in [0.2, 0.25) is 5.91 Å². The summed E-state index contributed by atoms with van der Waals surface area (Å²) in [7, 11) is -4.07. The quantitative estimate of drug-likeness (QED) is 0.148. The van der Waals surface area contributed by atoms with E-state index in [2.05, 4.69) is 30.2 Å². The van der Waals surface area contributed by atoms with Crippen LogP contribution in [0.4, 0.5) is 0 Å². The van der Waals surface area contributed by atoms with Gasteiger partial charge in [0.05, 0.1) is 19.2 Å². The van der Waals surface area contributed by atoms with Crippen molar-refractivity contribution in [1.82, 2.24) is 4.57 Å². The number of primary amides is 1. The Morgan fingerprint density at radius 1 is 1.14 bits per heavy atom. The zero-order chi connectivity index (χ0) is 24.0. The molecule has 1 aromatic heterocycles. The molecule has 3 rings (SSSR count). The van der Waals surface area contributed by atoms with Crippen LogP contribution in [0.3, 0.4) is 0 Å². The number of hydrogen-bond donors (Lipinski definition) is 3. The van der Waals surface area contributed by atoms with Gasteiger partial charge in [-0.3, -0.25) is 9.36 Å². The van der Waals surface area contributed by atoms with Gasteiger partial charge in [-0.05, 0) is 42.5 Å². The summed E-state index contributed by atoms with van der Waals surface area (Å²) >= 11 is 0. The van der Waals surface area contributed by atoms with Crippen LogP contribution in [0.15, 0.2) is 55.1 Å². The molecule has 0 unspecified atom stereocenters. The molecule has 1 amide bonds. The van der Waals surface area contributed by atoms with E-state index in [-0.39, 0.29) is 84.7 Å². The first-order valence-corrected chi connectivity index (χ1v) is 12.8. The maximum atomic E-state index is 12.0. The Bertz CT molecular complexity index is 1190. The number of allylic oxidation sites excluding steroid dienone is 1. The second-order valence-corrected chi connectivity index (χ2v) is 9.79. The van der Waals surface area contributed by atoms with Gasteiger partial charge in [-0.2, -0.15) is 0 Å². The molecule has 0 aliphatic heterocycles. The average molecular weight is 516 g/mol. The minimum atomic E-state index is -4.07. The molecule has 0 aliphatic carbocycles. The second-order valence-electron chi connectivity index (χ2n) is 8.01. The average Bonchev–Trinajstić information content (AvgIpc) is 3.04. The standard InChI is InChI=1S/C25H31N2O5P.2Na/c1-3-9-19-23(32-14-8-15-33(29,30)31)13-12-22-25(19)20(16-24(26)28)21(4-2)27(22)17-18-10-6-5-7-11-18;;/h3,5-7,10-13H,1,4,8-9,14-17H2,2H3,(H2,26,28)(H2,29,30,31);;. The van der Waals surface area contributed by atoms with Gasteiger partial charge in [0.1, 0.15) is 5.75 Å². The number of nitrogens with two attached hydrogens (primary N) is 1. The van der Waals surface area contributed by atoms with Crippen LogP contribution in [-0.2, 0) is 35.2 Å². The zero-order valence-corrected chi connectivity index (χ0v) is 25.8. The molecule has 0 saturated heterocycles. The van der Waals surface area contributed by atoms with Gasteiger partial charge >= 0.3 is 7.60 Å². The molecule has 0 aliphatic rings. The van der Waals surface area contributed by atoms with Crippen molar-refractivity contribution in [3.8, 4) is 5.75 Å². The summed E-state index contributed by atoms with van der Waals surface area (Å²) in [5.74, 6) is 0.222. The Morgan fingerprint density at radius 2 is 1.83 bits per heavy atom. The maximum absolute atomic E-state index is 12.0. The molecule has 0 bridgehead atoms. The Labute approximate surface area is 250 Å². The number of carbonyl (C=O) groups is 1. The summed E-state index contributed by atoms with van der Waals surface area (Å²) in [5, 5.41) is 0.939. The number of fused-ring (bicyclic) bond motifs is 1.